The molecule has 3 aromatic carbocycles. The molecule has 0 fully saturated rings. The van der Waals surface area contributed by atoms with E-state index in [0.29, 0.717) is 22.0 Å². The zero-order valence-corrected chi connectivity index (χ0v) is 16.2. The van der Waals surface area contributed by atoms with Crippen molar-refractivity contribution in [1.29, 1.82) is 0 Å². The summed E-state index contributed by atoms with van der Waals surface area (Å²) in [7, 11) is -3.91. The number of aromatic nitrogens is 2. The number of hydrogen-bond acceptors (Lipinski definition) is 4. The highest BCUT2D eigenvalue weighted by molar-refractivity contribution is 7.93. The summed E-state index contributed by atoms with van der Waals surface area (Å²) in [5, 5.41) is 10.8. The lowest BCUT2D eigenvalue weighted by molar-refractivity contribution is 0.103. The Bertz CT molecular complexity index is 1410. The van der Waals surface area contributed by atoms with Crippen LogP contribution in [0.15, 0.2) is 65.6 Å². The zero-order chi connectivity index (χ0) is 20.2. The number of carbonyl (C=O) groups is 1. The first kappa shape index (κ1) is 17.4. The zero-order valence-electron chi connectivity index (χ0n) is 15.4. The van der Waals surface area contributed by atoms with Crippen molar-refractivity contribution in [1.82, 2.24) is 10.2 Å². The van der Waals surface area contributed by atoms with Gasteiger partial charge in [0.1, 0.15) is 0 Å². The molecule has 7 nitrogen and oxygen atoms in total. The van der Waals surface area contributed by atoms with Crippen LogP contribution in [0, 0.1) is 6.92 Å². The number of nitrogens with zero attached hydrogens (tertiary/aromatic N) is 1. The Morgan fingerprint density at radius 2 is 1.76 bits per heavy atom. The Balaban J connectivity index is 1.55. The molecule has 1 amide bonds. The molecule has 0 atom stereocenters. The van der Waals surface area contributed by atoms with Gasteiger partial charge >= 0.3 is 0 Å². The van der Waals surface area contributed by atoms with Gasteiger partial charge in [-0.2, -0.15) is 5.10 Å². The first-order chi connectivity index (χ1) is 13.9. The van der Waals surface area contributed by atoms with Gasteiger partial charge in [-0.1, -0.05) is 36.4 Å². The fourth-order valence-corrected chi connectivity index (χ4v) is 4.87. The normalized spacial score (nSPS) is 12.9. The second-order valence-corrected chi connectivity index (χ2v) is 8.53. The van der Waals surface area contributed by atoms with Crippen LogP contribution >= 0.6 is 0 Å². The molecule has 0 bridgehead atoms. The van der Waals surface area contributed by atoms with Crippen molar-refractivity contribution in [2.75, 3.05) is 10.0 Å². The number of anilines is 2. The highest BCUT2D eigenvalue weighted by Crippen LogP contribution is 2.37. The molecule has 0 unspecified atom stereocenters. The van der Waals surface area contributed by atoms with Crippen molar-refractivity contribution in [3.63, 3.8) is 0 Å². The van der Waals surface area contributed by atoms with Crippen molar-refractivity contribution in [2.24, 2.45) is 0 Å². The average Bonchev–Trinajstić information content (AvgIpc) is 3.28. The lowest BCUT2D eigenvalue weighted by Crippen LogP contribution is -2.13. The summed E-state index contributed by atoms with van der Waals surface area (Å²) in [5.41, 5.74) is 3.80. The smallest absolute Gasteiger partial charge is 0.263 e. The SMILES string of the molecule is Cc1ccccc1-c1cc(NS(=O)(=O)c2ccc3c4c(cccc24)C(=O)N3)n[nH]1. The third-order valence-corrected chi connectivity index (χ3v) is 6.45. The Morgan fingerprint density at radius 1 is 0.966 bits per heavy atom. The first-order valence-electron chi connectivity index (χ1n) is 8.95. The number of aromatic amines is 1. The molecule has 0 saturated heterocycles. The molecule has 0 aliphatic carbocycles. The summed E-state index contributed by atoms with van der Waals surface area (Å²) < 4.78 is 28.7. The summed E-state index contributed by atoms with van der Waals surface area (Å²) in [6, 6.07) is 17.6. The number of sulfonamides is 1. The maximum Gasteiger partial charge on any atom is 0.263 e. The van der Waals surface area contributed by atoms with Gasteiger partial charge in [-0.15, -0.1) is 0 Å². The van der Waals surface area contributed by atoms with Gasteiger partial charge in [0, 0.05) is 33.7 Å². The standard InChI is InChI=1S/C21H16N4O3S/c1-12-5-2-3-6-13(12)17-11-19(24-23-17)25-29(27,28)18-10-9-16-20-14(18)7-4-8-15(20)21(26)22-16/h2-11H,1H3,(H,22,26)(H2,23,24,25). The van der Waals surface area contributed by atoms with Gasteiger partial charge in [0.05, 0.1) is 10.6 Å². The molecule has 5 rings (SSSR count). The van der Waals surface area contributed by atoms with Crippen LogP contribution in [0.5, 0.6) is 0 Å². The summed E-state index contributed by atoms with van der Waals surface area (Å²) in [6.07, 6.45) is 0. The minimum atomic E-state index is -3.91. The van der Waals surface area contributed by atoms with Crippen molar-refractivity contribution in [3.05, 3.63) is 71.8 Å². The van der Waals surface area contributed by atoms with E-state index >= 15 is 0 Å². The predicted molar refractivity (Wildman–Crippen MR) is 111 cm³/mol. The third-order valence-electron chi connectivity index (χ3n) is 5.04. The summed E-state index contributed by atoms with van der Waals surface area (Å²) in [5.74, 6) is -0.0380. The second-order valence-electron chi connectivity index (χ2n) is 6.88. The maximum absolute atomic E-state index is 13.1. The molecular weight excluding hydrogens is 388 g/mol. The number of aryl methyl sites for hydroxylation is 1. The van der Waals surface area contributed by atoms with Crippen LogP contribution in [0.3, 0.4) is 0 Å². The molecule has 29 heavy (non-hydrogen) atoms. The van der Waals surface area contributed by atoms with Gasteiger partial charge in [0.25, 0.3) is 15.9 Å². The molecule has 1 aromatic heterocycles. The number of rotatable bonds is 4. The average molecular weight is 404 g/mol. The summed E-state index contributed by atoms with van der Waals surface area (Å²) >= 11 is 0. The van der Waals surface area contributed by atoms with Crippen LogP contribution in [0.2, 0.25) is 0 Å². The fourth-order valence-electron chi connectivity index (χ4n) is 3.68. The van der Waals surface area contributed by atoms with E-state index in [9.17, 15) is 13.2 Å². The molecule has 0 radical (unpaired) electrons. The van der Waals surface area contributed by atoms with E-state index in [4.69, 9.17) is 0 Å². The van der Waals surface area contributed by atoms with E-state index < -0.39 is 10.0 Å². The highest BCUT2D eigenvalue weighted by atomic mass is 32.2. The van der Waals surface area contributed by atoms with Gasteiger partial charge in [-0.3, -0.25) is 14.6 Å². The van der Waals surface area contributed by atoms with Crippen molar-refractivity contribution < 1.29 is 13.2 Å². The topological polar surface area (TPSA) is 104 Å². The van der Waals surface area contributed by atoms with Gasteiger partial charge in [-0.25, -0.2) is 8.42 Å². The molecule has 2 heterocycles. The van der Waals surface area contributed by atoms with Crippen LogP contribution < -0.4 is 10.0 Å². The monoisotopic (exact) mass is 404 g/mol. The Labute approximate surface area is 166 Å². The van der Waals surface area contributed by atoms with Gasteiger partial charge < -0.3 is 5.32 Å². The molecule has 4 aromatic rings. The lowest BCUT2D eigenvalue weighted by atomic mass is 10.1. The number of carbonyl (C=O) groups excluding carboxylic acids is 1. The van der Waals surface area contributed by atoms with Crippen LogP contribution in [-0.2, 0) is 10.0 Å². The largest absolute Gasteiger partial charge is 0.321 e. The maximum atomic E-state index is 13.1. The summed E-state index contributed by atoms with van der Waals surface area (Å²) in [6.45, 7) is 1.97. The van der Waals surface area contributed by atoms with Crippen LogP contribution in [-0.4, -0.2) is 24.5 Å². The summed E-state index contributed by atoms with van der Waals surface area (Å²) in [4.78, 5) is 12.2. The van der Waals surface area contributed by atoms with Crippen molar-refractivity contribution >= 4 is 38.2 Å². The van der Waals surface area contributed by atoms with Gasteiger partial charge in [0.15, 0.2) is 5.82 Å². The number of hydrogen-bond donors (Lipinski definition) is 3. The molecule has 0 spiro atoms. The Morgan fingerprint density at radius 3 is 2.59 bits per heavy atom. The van der Waals surface area contributed by atoms with Gasteiger partial charge in [-0.05, 0) is 30.7 Å². The minimum Gasteiger partial charge on any atom is -0.321 e. The molecule has 0 saturated carbocycles. The number of H-pyrrole nitrogens is 1. The van der Waals surface area contributed by atoms with E-state index in [0.717, 1.165) is 16.8 Å². The fraction of sp³-hybridized carbons (Fsp3) is 0.0476. The van der Waals surface area contributed by atoms with E-state index in [-0.39, 0.29) is 16.6 Å². The van der Waals surface area contributed by atoms with Crippen LogP contribution in [0.4, 0.5) is 11.5 Å². The number of nitrogens with one attached hydrogen (secondary N) is 3. The molecular formula is C21H16N4O3S. The van der Waals surface area contributed by atoms with Gasteiger partial charge in [0.2, 0.25) is 0 Å². The number of amides is 1. The van der Waals surface area contributed by atoms with E-state index in [1.807, 2.05) is 31.2 Å². The Hall–Kier alpha value is -3.65. The first-order valence-corrected chi connectivity index (χ1v) is 10.4. The van der Waals surface area contributed by atoms with E-state index in [1.165, 1.54) is 6.07 Å². The minimum absolute atomic E-state index is 0.0926. The Kier molecular flexibility index (Phi) is 3.72. The number of benzene rings is 3. The molecule has 1 aliphatic rings. The van der Waals surface area contributed by atoms with Crippen molar-refractivity contribution in [2.45, 2.75) is 11.8 Å². The second kappa shape index (κ2) is 6.18. The van der Waals surface area contributed by atoms with E-state index in [1.54, 1.807) is 30.3 Å². The lowest BCUT2D eigenvalue weighted by Gasteiger charge is -2.09. The van der Waals surface area contributed by atoms with Crippen molar-refractivity contribution in [3.8, 4) is 11.3 Å². The molecule has 8 heteroatoms. The van der Waals surface area contributed by atoms with Crippen LogP contribution in [0.1, 0.15) is 15.9 Å². The highest BCUT2D eigenvalue weighted by Gasteiger charge is 2.26. The van der Waals surface area contributed by atoms with E-state index in [2.05, 4.69) is 20.2 Å². The quantitative estimate of drug-likeness (QED) is 0.480. The third kappa shape index (κ3) is 2.76. The predicted octanol–water partition coefficient (Wildman–Crippen LogP) is 3.90. The molecule has 144 valence electrons. The molecule has 1 aliphatic heterocycles. The molecule has 3 N–H and O–H groups in total. The van der Waals surface area contributed by atoms with Crippen LogP contribution in [0.25, 0.3) is 22.0 Å².